The molecule has 154 valence electrons. The number of unbranched alkanes of at least 4 members (excludes halogenated alkanes) is 2. The molecule has 0 N–H and O–H groups in total. The highest BCUT2D eigenvalue weighted by Gasteiger charge is 2.35. The van der Waals surface area contributed by atoms with E-state index in [1.54, 1.807) is 13.8 Å². The quantitative estimate of drug-likeness (QED) is 0.386. The van der Waals surface area contributed by atoms with Crippen molar-refractivity contribution in [1.82, 2.24) is 0 Å². The molecule has 4 heteroatoms. The molecule has 0 aromatic carbocycles. The maximum atomic E-state index is 12.8. The van der Waals surface area contributed by atoms with E-state index in [-0.39, 0.29) is 12.8 Å². The number of carboxylic acids is 2. The molecule has 4 nitrogen and oxygen atoms in total. The number of hydrogen-bond donors (Lipinski definition) is 0. The van der Waals surface area contributed by atoms with Gasteiger partial charge in [-0.15, -0.1) is 0 Å². The summed E-state index contributed by atoms with van der Waals surface area (Å²) in [6, 6.07) is 0. The number of aliphatic carboxylic acids is 2. The molecule has 0 spiro atoms. The van der Waals surface area contributed by atoms with Crippen LogP contribution in [-0.2, 0) is 9.59 Å². The predicted molar refractivity (Wildman–Crippen MR) is 102 cm³/mol. The zero-order chi connectivity index (χ0) is 27.2. The van der Waals surface area contributed by atoms with E-state index in [1.807, 2.05) is 13.8 Å². The molecule has 0 saturated carbocycles. The second kappa shape index (κ2) is 14.1. The van der Waals surface area contributed by atoms with Crippen LogP contribution in [0.2, 0.25) is 0 Å². The standard InChI is InChI=1S/C22H42O4/c1-5-9-12-18(7-3)16-22(21(25)26,15-11-14-20(23)24)17-19(8-4)13-10-6-2/h18-19H,5-17H2,1-4H3,(H,23,24)(H,25,26)/p-2/i11D2,14D2,15D2,16D2. The molecule has 0 aliphatic rings. The fourth-order valence-electron chi connectivity index (χ4n) is 3.08. The Morgan fingerprint density at radius 1 is 0.962 bits per heavy atom. The highest BCUT2D eigenvalue weighted by Crippen LogP contribution is 2.42. The fraction of sp³-hybridized carbons (Fsp3) is 0.909. The van der Waals surface area contributed by atoms with E-state index in [1.165, 1.54) is 0 Å². The lowest BCUT2D eigenvalue weighted by Gasteiger charge is -2.40. The summed E-state index contributed by atoms with van der Waals surface area (Å²) in [6.45, 7) is 7.12. The Kier molecular flexibility index (Phi) is 7.57. The third kappa shape index (κ3) is 9.59. The van der Waals surface area contributed by atoms with E-state index < -0.39 is 61.1 Å². The first-order valence-electron chi connectivity index (χ1n) is 13.8. The van der Waals surface area contributed by atoms with E-state index in [4.69, 9.17) is 11.0 Å². The number of carboxylic acid groups (broad SMARTS) is 2. The Hall–Kier alpha value is -1.06. The van der Waals surface area contributed by atoms with Crippen LogP contribution in [0.3, 0.4) is 0 Å². The Balaban J connectivity index is 7.33. The van der Waals surface area contributed by atoms with Gasteiger partial charge in [0.1, 0.15) is 0 Å². The van der Waals surface area contributed by atoms with Crippen LogP contribution in [0, 0.1) is 17.3 Å². The summed E-state index contributed by atoms with van der Waals surface area (Å²) in [5.41, 5.74) is -3.17. The van der Waals surface area contributed by atoms with Gasteiger partial charge in [0.15, 0.2) is 0 Å². The smallest absolute Gasteiger partial charge is 0.0476 e. The number of hydrogen-bond acceptors (Lipinski definition) is 4. The Labute approximate surface area is 172 Å². The van der Waals surface area contributed by atoms with E-state index >= 15 is 0 Å². The minimum atomic E-state index is -3.96. The third-order valence-electron chi connectivity index (χ3n) is 4.78. The normalized spacial score (nSPS) is 22.8. The highest BCUT2D eigenvalue weighted by molar-refractivity contribution is 5.72. The first kappa shape index (κ1) is 14.0. The molecule has 0 aliphatic heterocycles. The summed E-state index contributed by atoms with van der Waals surface area (Å²) >= 11 is 0. The van der Waals surface area contributed by atoms with Crippen molar-refractivity contribution >= 4 is 11.9 Å². The van der Waals surface area contributed by atoms with E-state index in [2.05, 4.69) is 0 Å². The van der Waals surface area contributed by atoms with E-state index in [9.17, 15) is 19.8 Å². The van der Waals surface area contributed by atoms with Gasteiger partial charge in [-0.25, -0.2) is 0 Å². The van der Waals surface area contributed by atoms with Crippen LogP contribution in [0.5, 0.6) is 0 Å². The lowest BCUT2D eigenvalue weighted by atomic mass is 9.68. The van der Waals surface area contributed by atoms with Gasteiger partial charge >= 0.3 is 0 Å². The maximum absolute atomic E-state index is 12.8. The van der Waals surface area contributed by atoms with Gasteiger partial charge in [0.05, 0.1) is 0 Å². The minimum absolute atomic E-state index is 0.125. The van der Waals surface area contributed by atoms with Gasteiger partial charge in [0, 0.05) is 28.3 Å². The molecule has 3 atom stereocenters. The zero-order valence-corrected chi connectivity index (χ0v) is 16.7. The molecule has 0 rings (SSSR count). The number of rotatable bonds is 17. The Morgan fingerprint density at radius 3 is 1.92 bits per heavy atom. The summed E-state index contributed by atoms with van der Waals surface area (Å²) in [6.07, 6.45) is -11.6. The molecule has 0 aromatic rings. The summed E-state index contributed by atoms with van der Waals surface area (Å²) in [5, 5.41) is 24.3. The fourth-order valence-corrected chi connectivity index (χ4v) is 3.08. The molecule has 0 aromatic heterocycles. The summed E-state index contributed by atoms with van der Waals surface area (Å²) in [4.78, 5) is 24.3. The largest absolute Gasteiger partial charge is 0.550 e. The lowest BCUT2D eigenvalue weighted by molar-refractivity contribution is -0.322. The summed E-state index contributed by atoms with van der Waals surface area (Å²) in [7, 11) is 0. The second-order valence-electron chi connectivity index (χ2n) is 6.87. The van der Waals surface area contributed by atoms with Crippen molar-refractivity contribution in [2.75, 3.05) is 0 Å². The van der Waals surface area contributed by atoms with Crippen molar-refractivity contribution in [2.45, 2.75) is 111 Å². The Bertz CT molecular complexity index is 684. The predicted octanol–water partition coefficient (Wildman–Crippen LogP) is 3.86. The van der Waals surface area contributed by atoms with Gasteiger partial charge in [-0.1, -0.05) is 79.1 Å². The molecule has 0 aliphatic carbocycles. The molecule has 0 heterocycles. The SMILES string of the molecule is [2H]C([2H])(C(=O)[O-])C([2H])([2H])C([2H])([2H])C(CC(CC)CCCC)(C(=O)[O-])C([2H])([2H])C(CC)CCCC. The van der Waals surface area contributed by atoms with Crippen LogP contribution in [0.4, 0.5) is 0 Å². The van der Waals surface area contributed by atoms with Crippen molar-refractivity contribution in [3.63, 3.8) is 0 Å². The first-order chi connectivity index (χ1) is 15.4. The molecule has 0 fully saturated rings. The highest BCUT2D eigenvalue weighted by atomic mass is 16.4. The van der Waals surface area contributed by atoms with Crippen molar-refractivity contribution in [3.05, 3.63) is 0 Å². The van der Waals surface area contributed by atoms with Gasteiger partial charge in [-0.2, -0.15) is 0 Å². The molecule has 0 radical (unpaired) electrons. The van der Waals surface area contributed by atoms with Gasteiger partial charge in [-0.3, -0.25) is 0 Å². The summed E-state index contributed by atoms with van der Waals surface area (Å²) < 4.78 is 67.1. The number of carbonyl (C=O) groups is 2. The average Bonchev–Trinajstić information content (AvgIpc) is 2.73. The molecule has 3 unspecified atom stereocenters. The van der Waals surface area contributed by atoms with Gasteiger partial charge in [-0.05, 0) is 43.7 Å². The van der Waals surface area contributed by atoms with Crippen LogP contribution >= 0.6 is 0 Å². The lowest BCUT2D eigenvalue weighted by Crippen LogP contribution is -2.45. The topological polar surface area (TPSA) is 80.3 Å². The van der Waals surface area contributed by atoms with Crippen molar-refractivity contribution in [2.24, 2.45) is 17.3 Å². The van der Waals surface area contributed by atoms with Gasteiger partial charge in [0.25, 0.3) is 0 Å². The van der Waals surface area contributed by atoms with Gasteiger partial charge < -0.3 is 19.8 Å². The third-order valence-corrected chi connectivity index (χ3v) is 4.78. The minimum Gasteiger partial charge on any atom is -0.550 e. The monoisotopic (exact) mass is 376 g/mol. The zero-order valence-electron chi connectivity index (χ0n) is 24.7. The maximum Gasteiger partial charge on any atom is 0.0476 e. The molecular weight excluding hydrogens is 328 g/mol. The first-order valence-corrected chi connectivity index (χ1v) is 9.83. The molecule has 0 bridgehead atoms. The second-order valence-corrected chi connectivity index (χ2v) is 6.87. The van der Waals surface area contributed by atoms with Crippen LogP contribution < -0.4 is 10.2 Å². The molecule has 0 saturated heterocycles. The molecule has 26 heavy (non-hydrogen) atoms. The van der Waals surface area contributed by atoms with Crippen molar-refractivity contribution in [1.29, 1.82) is 0 Å². The molecular formula is C22H40O4-2. The van der Waals surface area contributed by atoms with Crippen LogP contribution in [0.25, 0.3) is 0 Å². The van der Waals surface area contributed by atoms with Crippen LogP contribution in [-0.4, -0.2) is 11.9 Å². The van der Waals surface area contributed by atoms with Gasteiger partial charge in [0.2, 0.25) is 0 Å². The Morgan fingerprint density at radius 2 is 1.50 bits per heavy atom. The van der Waals surface area contributed by atoms with Crippen LogP contribution in [0.1, 0.15) is 122 Å². The van der Waals surface area contributed by atoms with Crippen molar-refractivity contribution in [3.8, 4) is 0 Å². The average molecular weight is 377 g/mol. The van der Waals surface area contributed by atoms with Crippen LogP contribution in [0.15, 0.2) is 0 Å². The number of carbonyl (C=O) groups excluding carboxylic acids is 2. The van der Waals surface area contributed by atoms with E-state index in [0.717, 1.165) is 6.42 Å². The summed E-state index contributed by atoms with van der Waals surface area (Å²) in [5.74, 6) is -6.28. The van der Waals surface area contributed by atoms with E-state index in [0.29, 0.717) is 32.1 Å². The molecule has 0 amide bonds. The van der Waals surface area contributed by atoms with Crippen molar-refractivity contribution < 1.29 is 30.8 Å².